The summed E-state index contributed by atoms with van der Waals surface area (Å²) in [6.07, 6.45) is 3.08. The second-order valence-corrected chi connectivity index (χ2v) is 5.89. The number of aromatic nitrogens is 2. The van der Waals surface area contributed by atoms with Gasteiger partial charge in [0.2, 0.25) is 0 Å². The van der Waals surface area contributed by atoms with E-state index in [1.54, 1.807) is 24.4 Å². The number of hydrogen-bond acceptors (Lipinski definition) is 5. The molecule has 106 valence electrons. The predicted octanol–water partition coefficient (Wildman–Crippen LogP) is 3.83. The van der Waals surface area contributed by atoms with Crippen molar-refractivity contribution in [1.82, 2.24) is 9.97 Å². The van der Waals surface area contributed by atoms with Gasteiger partial charge in [-0.05, 0) is 12.1 Å². The molecule has 3 aromatic rings. The Morgan fingerprint density at radius 3 is 2.76 bits per heavy atom. The fourth-order valence-corrected chi connectivity index (χ4v) is 3.06. The molecule has 8 heteroatoms. The average Bonchev–Trinajstić information content (AvgIpc) is 2.82. The number of anilines is 2. The fraction of sp³-hybridized carbons (Fsp3) is 0. The maximum absolute atomic E-state index is 12.3. The van der Waals surface area contributed by atoms with Crippen LogP contribution in [0, 0.1) is 0 Å². The Bertz CT molecular complexity index is 849. The minimum absolute atomic E-state index is 0.281. The Hall–Kier alpha value is -1.89. The highest BCUT2D eigenvalue weighted by atomic mass is 35.5. The number of halogens is 2. The average molecular weight is 339 g/mol. The van der Waals surface area contributed by atoms with Crippen LogP contribution in [0.2, 0.25) is 10.0 Å². The number of rotatable bonds is 2. The third-order valence-corrected chi connectivity index (χ3v) is 4.69. The number of nitrogen functional groups attached to an aromatic ring is 1. The lowest BCUT2D eigenvalue weighted by molar-refractivity contribution is 0.103. The van der Waals surface area contributed by atoms with E-state index < -0.39 is 0 Å². The van der Waals surface area contributed by atoms with Crippen molar-refractivity contribution >= 4 is 62.2 Å². The number of amides is 1. The third kappa shape index (κ3) is 2.53. The van der Waals surface area contributed by atoms with Crippen LogP contribution in [-0.2, 0) is 0 Å². The summed E-state index contributed by atoms with van der Waals surface area (Å²) in [4.78, 5) is 21.5. The largest absolute Gasteiger partial charge is 0.396 e. The lowest BCUT2D eigenvalue weighted by Crippen LogP contribution is -2.12. The summed E-state index contributed by atoms with van der Waals surface area (Å²) < 4.78 is 0. The number of hydrogen-bond donors (Lipinski definition) is 2. The zero-order valence-electron chi connectivity index (χ0n) is 10.4. The highest BCUT2D eigenvalue weighted by molar-refractivity contribution is 7.21. The van der Waals surface area contributed by atoms with Crippen LogP contribution < -0.4 is 11.1 Å². The molecule has 0 radical (unpaired) electrons. The first kappa shape index (κ1) is 14.1. The van der Waals surface area contributed by atoms with E-state index in [-0.39, 0.29) is 10.9 Å². The maximum atomic E-state index is 12.3. The summed E-state index contributed by atoms with van der Waals surface area (Å²) in [5.41, 5.74) is 7.20. The lowest BCUT2D eigenvalue weighted by atomic mass is 10.3. The SMILES string of the molecule is Nc1c(C(=O)Nc2cccc(Cl)c2Cl)sc2nccnc12. The van der Waals surface area contributed by atoms with E-state index in [0.29, 0.717) is 31.6 Å². The van der Waals surface area contributed by atoms with Gasteiger partial charge in [0.1, 0.15) is 15.2 Å². The van der Waals surface area contributed by atoms with Crippen LogP contribution in [0.5, 0.6) is 0 Å². The number of fused-ring (bicyclic) bond motifs is 1. The van der Waals surface area contributed by atoms with Crippen molar-refractivity contribution in [3.63, 3.8) is 0 Å². The van der Waals surface area contributed by atoms with Crippen LogP contribution in [0.15, 0.2) is 30.6 Å². The molecule has 0 saturated heterocycles. The van der Waals surface area contributed by atoms with E-state index in [9.17, 15) is 4.79 Å². The molecule has 0 unspecified atom stereocenters. The Morgan fingerprint density at radius 2 is 2.00 bits per heavy atom. The Kier molecular flexibility index (Phi) is 3.67. The second kappa shape index (κ2) is 5.48. The molecule has 0 spiro atoms. The summed E-state index contributed by atoms with van der Waals surface area (Å²) >= 11 is 13.1. The maximum Gasteiger partial charge on any atom is 0.268 e. The van der Waals surface area contributed by atoms with Crippen LogP contribution in [0.1, 0.15) is 9.67 Å². The van der Waals surface area contributed by atoms with E-state index in [2.05, 4.69) is 15.3 Å². The quantitative estimate of drug-likeness (QED) is 0.743. The Morgan fingerprint density at radius 1 is 1.24 bits per heavy atom. The van der Waals surface area contributed by atoms with Crippen LogP contribution in [0.25, 0.3) is 10.3 Å². The topological polar surface area (TPSA) is 80.9 Å². The molecule has 21 heavy (non-hydrogen) atoms. The number of nitrogens with one attached hydrogen (secondary N) is 1. The zero-order chi connectivity index (χ0) is 15.0. The minimum atomic E-state index is -0.374. The zero-order valence-corrected chi connectivity index (χ0v) is 12.8. The van der Waals surface area contributed by atoms with Gasteiger partial charge in [0.05, 0.1) is 21.4 Å². The van der Waals surface area contributed by atoms with Crippen molar-refractivity contribution in [2.75, 3.05) is 11.1 Å². The molecular formula is C13H8Cl2N4OS. The molecule has 0 aliphatic heterocycles. The Labute approximate surface area is 133 Å². The van der Waals surface area contributed by atoms with Gasteiger partial charge in [-0.2, -0.15) is 0 Å². The third-order valence-electron chi connectivity index (χ3n) is 2.77. The van der Waals surface area contributed by atoms with Gasteiger partial charge in [0.15, 0.2) is 0 Å². The van der Waals surface area contributed by atoms with E-state index >= 15 is 0 Å². The molecule has 2 heterocycles. The van der Waals surface area contributed by atoms with Crippen LogP contribution in [0.4, 0.5) is 11.4 Å². The molecule has 1 aromatic carbocycles. The second-order valence-electron chi connectivity index (χ2n) is 4.11. The van der Waals surface area contributed by atoms with Gasteiger partial charge >= 0.3 is 0 Å². The summed E-state index contributed by atoms with van der Waals surface area (Å²) in [6.45, 7) is 0. The fourth-order valence-electron chi connectivity index (χ4n) is 1.79. The first-order valence-electron chi connectivity index (χ1n) is 5.82. The first-order chi connectivity index (χ1) is 10.1. The highest BCUT2D eigenvalue weighted by Gasteiger charge is 2.19. The molecule has 5 nitrogen and oxygen atoms in total. The number of nitrogens with two attached hydrogens (primary N) is 1. The molecule has 3 N–H and O–H groups in total. The van der Waals surface area contributed by atoms with E-state index in [1.807, 2.05) is 0 Å². The molecule has 3 rings (SSSR count). The molecule has 0 saturated carbocycles. The van der Waals surface area contributed by atoms with Crippen LogP contribution in [0.3, 0.4) is 0 Å². The smallest absolute Gasteiger partial charge is 0.268 e. The normalized spacial score (nSPS) is 10.8. The standard InChI is InChI=1S/C13H8Cl2N4OS/c14-6-2-1-3-7(8(6)15)19-12(20)11-9(16)10-13(21-11)18-5-4-17-10/h1-5H,16H2,(H,19,20). The summed E-state index contributed by atoms with van der Waals surface area (Å²) in [6, 6.07) is 4.99. The van der Waals surface area contributed by atoms with Gasteiger partial charge in [0.25, 0.3) is 5.91 Å². The molecule has 0 bridgehead atoms. The van der Waals surface area contributed by atoms with Gasteiger partial charge in [-0.1, -0.05) is 29.3 Å². The molecule has 2 aromatic heterocycles. The van der Waals surface area contributed by atoms with Crippen molar-refractivity contribution in [3.05, 3.63) is 45.5 Å². The number of nitrogens with zero attached hydrogens (tertiary/aromatic N) is 2. The lowest BCUT2D eigenvalue weighted by Gasteiger charge is -2.07. The van der Waals surface area contributed by atoms with E-state index in [0.717, 1.165) is 0 Å². The van der Waals surface area contributed by atoms with Gasteiger partial charge in [0, 0.05) is 12.4 Å². The minimum Gasteiger partial charge on any atom is -0.396 e. The number of thiophene rings is 1. The summed E-state index contributed by atoms with van der Waals surface area (Å²) in [5.74, 6) is -0.374. The van der Waals surface area contributed by atoms with Crippen LogP contribution in [-0.4, -0.2) is 15.9 Å². The van der Waals surface area contributed by atoms with Crippen molar-refractivity contribution in [1.29, 1.82) is 0 Å². The van der Waals surface area contributed by atoms with Crippen molar-refractivity contribution < 1.29 is 4.79 Å². The van der Waals surface area contributed by atoms with E-state index in [4.69, 9.17) is 28.9 Å². The number of carbonyl (C=O) groups is 1. The number of carbonyl (C=O) groups excluding carboxylic acids is 1. The molecule has 0 aliphatic rings. The highest BCUT2D eigenvalue weighted by Crippen LogP contribution is 2.33. The van der Waals surface area contributed by atoms with Crippen molar-refractivity contribution in [2.24, 2.45) is 0 Å². The van der Waals surface area contributed by atoms with Gasteiger partial charge < -0.3 is 11.1 Å². The molecular weight excluding hydrogens is 331 g/mol. The van der Waals surface area contributed by atoms with Gasteiger partial charge in [-0.3, -0.25) is 4.79 Å². The monoisotopic (exact) mass is 338 g/mol. The molecule has 0 fully saturated rings. The van der Waals surface area contributed by atoms with Gasteiger partial charge in [-0.15, -0.1) is 11.3 Å². The first-order valence-corrected chi connectivity index (χ1v) is 7.39. The number of benzene rings is 1. The van der Waals surface area contributed by atoms with Crippen molar-refractivity contribution in [2.45, 2.75) is 0 Å². The Balaban J connectivity index is 1.97. The molecule has 0 atom stereocenters. The molecule has 0 aliphatic carbocycles. The predicted molar refractivity (Wildman–Crippen MR) is 86.2 cm³/mol. The van der Waals surface area contributed by atoms with Crippen molar-refractivity contribution in [3.8, 4) is 0 Å². The summed E-state index contributed by atoms with van der Waals surface area (Å²) in [5, 5.41) is 3.33. The molecule has 1 amide bonds. The summed E-state index contributed by atoms with van der Waals surface area (Å²) in [7, 11) is 0. The van der Waals surface area contributed by atoms with E-state index in [1.165, 1.54) is 17.5 Å². The van der Waals surface area contributed by atoms with Gasteiger partial charge in [-0.25, -0.2) is 9.97 Å². The van der Waals surface area contributed by atoms with Crippen LogP contribution >= 0.6 is 34.5 Å².